The molecule has 0 spiro atoms. The van der Waals surface area contributed by atoms with Gasteiger partial charge in [0.05, 0.1) is 63.8 Å². The number of hydrogen-bond donors (Lipinski definition) is 0. The van der Waals surface area contributed by atoms with E-state index in [1.54, 1.807) is 0 Å². The summed E-state index contributed by atoms with van der Waals surface area (Å²) in [5.74, 6) is -0.403. The first kappa shape index (κ1) is 91.1. The second-order valence-electron chi connectivity index (χ2n) is 36.5. The van der Waals surface area contributed by atoms with Crippen molar-refractivity contribution in [3.63, 3.8) is 0 Å². The van der Waals surface area contributed by atoms with Crippen LogP contribution in [0.1, 0.15) is 163 Å². The summed E-state index contributed by atoms with van der Waals surface area (Å²) in [6.45, 7) is 23.5. The van der Waals surface area contributed by atoms with E-state index in [1.807, 2.05) is 24.3 Å². The number of fused-ring (bicyclic) bond motifs is 18. The van der Waals surface area contributed by atoms with E-state index in [1.165, 1.54) is 29.4 Å². The third-order valence-corrected chi connectivity index (χ3v) is 27.8. The van der Waals surface area contributed by atoms with Gasteiger partial charge in [-0.15, -0.1) is 44.1 Å². The molecule has 22 rings (SSSR count). The Morgan fingerprint density at radius 3 is 0.812 bits per heavy atom. The van der Waals surface area contributed by atoms with Crippen LogP contribution in [-0.4, -0.2) is 54.5 Å². The fourth-order valence-corrected chi connectivity index (χ4v) is 20.8. The number of esters is 1. The molecule has 14 nitrogen and oxygen atoms in total. The normalized spacial score (nSPS) is 13.3. The summed E-state index contributed by atoms with van der Waals surface area (Å²) in [5, 5.41) is 0. The van der Waals surface area contributed by atoms with Crippen LogP contribution in [0, 0.1) is 55.4 Å². The first-order valence-electron chi connectivity index (χ1n) is 46.9. The summed E-state index contributed by atoms with van der Waals surface area (Å²) in [7, 11) is 1.42. The molecular weight excluding hydrogens is 1800 g/mol. The van der Waals surface area contributed by atoms with Gasteiger partial charge in [-0.1, -0.05) is 302 Å². The monoisotopic (exact) mass is 1890 g/mol. The molecular formula is C121H99BN10O4Zn2. The van der Waals surface area contributed by atoms with Crippen molar-refractivity contribution in [2.45, 2.75) is 109 Å². The van der Waals surface area contributed by atoms with Crippen LogP contribution in [0.4, 0.5) is 0 Å². The van der Waals surface area contributed by atoms with Gasteiger partial charge in [0.15, 0.2) is 5.70 Å². The Balaban J connectivity index is 0.00000587. The minimum Gasteiger partial charge on any atom is -0.657 e. The maximum absolute atomic E-state index is 13.3. The Labute approximate surface area is 829 Å². The van der Waals surface area contributed by atoms with E-state index in [4.69, 9.17) is 53.9 Å². The number of nitrogens with zero attached hydrogens (tertiary/aromatic N) is 10. The van der Waals surface area contributed by atoms with E-state index >= 15 is 0 Å². The molecule has 0 atom stereocenters. The quantitative estimate of drug-likeness (QED) is 0.0592. The Morgan fingerprint density at radius 2 is 0.572 bits per heavy atom. The van der Waals surface area contributed by atoms with Crippen LogP contribution in [-0.2, 0) is 72.6 Å². The van der Waals surface area contributed by atoms with Gasteiger partial charge in [-0.2, -0.15) is 0 Å². The van der Waals surface area contributed by atoms with Crippen LogP contribution in [0.2, 0.25) is 0 Å². The van der Waals surface area contributed by atoms with E-state index in [0.717, 1.165) is 270 Å². The summed E-state index contributed by atoms with van der Waals surface area (Å²) < 4.78 is 26.3. The van der Waals surface area contributed by atoms with E-state index in [9.17, 15) is 4.79 Å². The average Bonchev–Trinajstić information content (AvgIpc) is 1.51. The maximum Gasteiger partial charge on any atom is 2.00 e. The van der Waals surface area contributed by atoms with Crippen molar-refractivity contribution in [3.8, 4) is 89.0 Å². The first-order valence-corrected chi connectivity index (χ1v) is 46.9. The number of benzene rings is 9. The van der Waals surface area contributed by atoms with Gasteiger partial charge in [0.25, 0.3) is 0 Å². The summed E-state index contributed by atoms with van der Waals surface area (Å²) in [6, 6.07) is 94.1. The van der Waals surface area contributed by atoms with Gasteiger partial charge in [-0.25, -0.2) is 24.7 Å². The van der Waals surface area contributed by atoms with Gasteiger partial charge in [0.2, 0.25) is 0 Å². The minimum absolute atomic E-state index is 0. The van der Waals surface area contributed by atoms with Crippen LogP contribution < -0.4 is 19.9 Å². The summed E-state index contributed by atoms with van der Waals surface area (Å²) in [6.07, 6.45) is 18.5. The molecule has 664 valence electrons. The summed E-state index contributed by atoms with van der Waals surface area (Å²) >= 11 is 0. The van der Waals surface area contributed by atoms with Crippen molar-refractivity contribution in [2.24, 2.45) is 0 Å². The molecule has 16 bridgehead atoms. The zero-order valence-corrected chi connectivity index (χ0v) is 85.9. The number of hydrogen-bond acceptors (Lipinski definition) is 8. The third kappa shape index (κ3) is 16.2. The smallest absolute Gasteiger partial charge is 0.657 e. The molecule has 0 aliphatic carbocycles. The molecule has 9 aromatic carbocycles. The zero-order chi connectivity index (χ0) is 93.1. The first-order chi connectivity index (χ1) is 66.2. The second kappa shape index (κ2) is 37.1. The molecule has 0 unspecified atom stereocenters. The van der Waals surface area contributed by atoms with Gasteiger partial charge in [0, 0.05) is 37.0 Å². The molecule has 0 fully saturated rings. The zero-order valence-electron chi connectivity index (χ0n) is 79.9. The number of methoxy groups -OCH3 is 1. The number of aryl methyl sites for hydroxylation is 6. The van der Waals surface area contributed by atoms with E-state index in [0.29, 0.717) is 5.56 Å². The molecule has 138 heavy (non-hydrogen) atoms. The molecule has 0 saturated carbocycles. The van der Waals surface area contributed by atoms with Crippen molar-refractivity contribution < 1.29 is 62.3 Å². The number of aromatic nitrogens is 9. The van der Waals surface area contributed by atoms with Gasteiger partial charge >= 0.3 is 51.7 Å². The van der Waals surface area contributed by atoms with Crippen molar-refractivity contribution in [1.82, 2.24) is 44.3 Å². The molecule has 16 aromatic rings. The van der Waals surface area contributed by atoms with E-state index in [2.05, 4.69) is 383 Å². The molecule has 0 radical (unpaired) electrons. The number of carbonyl (C=O) groups is 1. The standard InChI is InChI=1S/C121H99BN10O4.2Zn/c1-14-92-76(9)119-118(90-48-50-91(51-49-90)121(133)134-13)120-77(10)93(15-2)79(12)132(120)122(131(119)78(92)11,135-68-80-28-44-88(45-29-80)116-106-64-60-102(127-106)112(84-36-20-72(5)21-37-84)98-56-52-94(123-98)110(82-32-16-70(3)17-33-82)95-53-57-99(124-95)113(103-61-65-107(116)128-103)85-38-22-73(6)23-39-85)136-69-81-30-46-89(47-31-81)117-108-66-62-104(129-108)114(86-40-24-74(7)25-41-86)100-58-54-96(125-100)111(83-34-18-71(4)19-35-83)97-55-59-101(126-97)115(105-63-67-109(117)130-105)87-42-26-75(8)27-43-87;;/h16-67H,14-15,68-69H2,1-13H3;;/q-4;2*+2. The number of carbonyl (C=O) groups excluding carboxylic acids is 1. The van der Waals surface area contributed by atoms with Crippen molar-refractivity contribution in [2.75, 3.05) is 7.11 Å². The topological polar surface area (TPSA) is 161 Å². The van der Waals surface area contributed by atoms with Crippen LogP contribution in [0.3, 0.4) is 0 Å². The molecule has 13 heterocycles. The van der Waals surface area contributed by atoms with E-state index in [-0.39, 0.29) is 52.2 Å². The molecule has 6 aliphatic heterocycles. The van der Waals surface area contributed by atoms with Crippen molar-refractivity contribution in [1.29, 1.82) is 0 Å². The van der Waals surface area contributed by atoms with Crippen LogP contribution in [0.5, 0.6) is 0 Å². The summed E-state index contributed by atoms with van der Waals surface area (Å²) in [5.41, 5.74) is 47.5. The molecule has 7 aromatic heterocycles. The number of allylic oxidation sites excluding steroid dienone is 2. The van der Waals surface area contributed by atoms with Crippen molar-refractivity contribution in [3.05, 3.63) is 407 Å². The van der Waals surface area contributed by atoms with Gasteiger partial charge in [0.1, 0.15) is 5.71 Å². The van der Waals surface area contributed by atoms with Gasteiger partial charge in [-0.3, -0.25) is 0 Å². The largest absolute Gasteiger partial charge is 2.00 e. The summed E-state index contributed by atoms with van der Waals surface area (Å²) in [4.78, 5) is 58.3. The van der Waals surface area contributed by atoms with E-state index < -0.39 is 12.8 Å². The predicted molar refractivity (Wildman–Crippen MR) is 557 cm³/mol. The second-order valence-corrected chi connectivity index (χ2v) is 36.5. The number of ether oxygens (including phenoxy) is 1. The predicted octanol–water partition coefficient (Wildman–Crippen LogP) is 27.8. The Kier molecular flexibility index (Phi) is 24.5. The molecule has 0 amide bonds. The van der Waals surface area contributed by atoms with Crippen LogP contribution in [0.15, 0.2) is 284 Å². The fourth-order valence-electron chi connectivity index (χ4n) is 20.8. The van der Waals surface area contributed by atoms with Gasteiger partial charge in [-0.05, 0) is 258 Å². The maximum atomic E-state index is 13.3. The molecule has 6 aliphatic rings. The molecule has 17 heteroatoms. The molecule has 0 saturated heterocycles. The fraction of sp³-hybridized carbons (Fsp3) is 0.140. The van der Waals surface area contributed by atoms with Crippen molar-refractivity contribution >= 4 is 117 Å². The third-order valence-electron chi connectivity index (χ3n) is 27.8. The van der Waals surface area contributed by atoms with Gasteiger partial charge < -0.3 is 42.9 Å². The van der Waals surface area contributed by atoms with Crippen LogP contribution in [0.25, 0.3) is 187 Å². The Bertz CT molecular complexity index is 7790. The Hall–Kier alpha value is -14.7. The van der Waals surface area contributed by atoms with Crippen LogP contribution >= 0.6 is 0 Å². The Morgan fingerprint density at radius 1 is 0.326 bits per heavy atom. The average molecular weight is 1900 g/mol. The SMILES string of the molecule is CCC1=C(C)C2=C(c3ccc(C(=O)OC)cc3)c3c(C)c(CC)c(C)n3[B-](OCc3ccc(-c4c5nc(c(-c6ccc(C)cc6)c6ccc([n-]6)c(-c6ccc(C)cc6)c6nc(c(-c7ccc(C)cc7)c7ccc4[n-]7)C=C6)C=C5)cc3)(OCc3ccc(-c4c5nc(c(-c6ccc(C)cc6)c6ccc([n-]6)c(-c6ccc(C)cc6)c6nc(c(-c7ccc(C)cc7)c7ccc4[n-]7)C=C6)C=C5)cc3)[N+]2=C1C.[Zn+2].[Zn+2]. The molecule has 0 N–H and O–H groups in total. The minimum atomic E-state index is -2.79. The number of rotatable bonds is 18.